The first kappa shape index (κ1) is 17.8. The predicted molar refractivity (Wildman–Crippen MR) is 104 cm³/mol. The molecule has 7 nitrogen and oxygen atoms in total. The van der Waals surface area contributed by atoms with Crippen molar-refractivity contribution in [1.82, 2.24) is 14.4 Å². The molecule has 2 aromatic heterocycles. The zero-order valence-electron chi connectivity index (χ0n) is 14.9. The molecule has 0 bridgehead atoms. The van der Waals surface area contributed by atoms with Gasteiger partial charge in [0.05, 0.1) is 17.7 Å². The standard InChI is InChI=1S/C19H19BrN4O3/c1-2-26-18(25)15-11-24-17(23-15)14(20)10-22-19(24)21-9-12-5-3-7-16-13(12)6-4-8-27-16/h3,5,7,10-11H,2,4,6,8-9H2,1H3,(H,21,22). The third-order valence-corrected chi connectivity index (χ3v) is 4.99. The highest BCUT2D eigenvalue weighted by molar-refractivity contribution is 9.10. The van der Waals surface area contributed by atoms with Gasteiger partial charge in [0.25, 0.3) is 0 Å². The monoisotopic (exact) mass is 430 g/mol. The Kier molecular flexibility index (Phi) is 4.98. The van der Waals surface area contributed by atoms with Gasteiger partial charge >= 0.3 is 5.97 Å². The molecule has 3 heterocycles. The second-order valence-electron chi connectivity index (χ2n) is 6.17. The number of hydrogen-bond acceptors (Lipinski definition) is 6. The summed E-state index contributed by atoms with van der Waals surface area (Å²) in [6, 6.07) is 6.10. The fourth-order valence-corrected chi connectivity index (χ4v) is 3.57. The third-order valence-electron chi connectivity index (χ3n) is 4.43. The number of nitrogens with one attached hydrogen (secondary N) is 1. The molecule has 27 heavy (non-hydrogen) atoms. The number of rotatable bonds is 5. The molecule has 1 aromatic carbocycles. The quantitative estimate of drug-likeness (QED) is 0.622. The second kappa shape index (κ2) is 7.56. The van der Waals surface area contributed by atoms with Gasteiger partial charge in [0.15, 0.2) is 11.3 Å². The van der Waals surface area contributed by atoms with Crippen molar-refractivity contribution < 1.29 is 14.3 Å². The van der Waals surface area contributed by atoms with E-state index in [1.54, 1.807) is 23.7 Å². The molecule has 0 radical (unpaired) electrons. The Morgan fingerprint density at radius 1 is 1.44 bits per heavy atom. The lowest BCUT2D eigenvalue weighted by Crippen LogP contribution is -2.13. The molecule has 0 spiro atoms. The summed E-state index contributed by atoms with van der Waals surface area (Å²) in [6.45, 7) is 3.44. The van der Waals surface area contributed by atoms with Crippen molar-refractivity contribution in [3.63, 3.8) is 0 Å². The molecule has 0 saturated heterocycles. The molecular weight excluding hydrogens is 412 g/mol. The number of fused-ring (bicyclic) bond motifs is 2. The first-order valence-corrected chi connectivity index (χ1v) is 9.65. The molecule has 0 saturated carbocycles. The average molecular weight is 431 g/mol. The van der Waals surface area contributed by atoms with E-state index >= 15 is 0 Å². The van der Waals surface area contributed by atoms with Crippen molar-refractivity contribution >= 4 is 33.5 Å². The maximum atomic E-state index is 12.0. The number of anilines is 1. The van der Waals surface area contributed by atoms with Crippen molar-refractivity contribution in [1.29, 1.82) is 0 Å². The molecule has 0 fully saturated rings. The van der Waals surface area contributed by atoms with Crippen LogP contribution in [0.2, 0.25) is 0 Å². The van der Waals surface area contributed by atoms with Gasteiger partial charge in [0, 0.05) is 18.9 Å². The first-order valence-electron chi connectivity index (χ1n) is 8.85. The number of nitrogens with zero attached hydrogens (tertiary/aromatic N) is 3. The average Bonchev–Trinajstić information content (AvgIpc) is 3.14. The Hall–Kier alpha value is -2.61. The summed E-state index contributed by atoms with van der Waals surface area (Å²) in [4.78, 5) is 20.8. The fraction of sp³-hybridized carbons (Fsp3) is 0.316. The molecule has 1 aliphatic rings. The zero-order chi connectivity index (χ0) is 18.8. The number of halogens is 1. The van der Waals surface area contributed by atoms with Crippen molar-refractivity contribution in [2.24, 2.45) is 0 Å². The van der Waals surface area contributed by atoms with Crippen LogP contribution >= 0.6 is 15.9 Å². The van der Waals surface area contributed by atoms with Crippen molar-refractivity contribution in [2.45, 2.75) is 26.3 Å². The summed E-state index contributed by atoms with van der Waals surface area (Å²) in [6.07, 6.45) is 5.34. The number of aromatic nitrogens is 3. The number of benzene rings is 1. The van der Waals surface area contributed by atoms with Crippen molar-refractivity contribution in [2.75, 3.05) is 18.5 Å². The summed E-state index contributed by atoms with van der Waals surface area (Å²) in [7, 11) is 0. The SMILES string of the molecule is CCOC(=O)c1cn2c(NCc3cccc4c3CCCO4)ncc(Br)c2n1. The van der Waals surface area contributed by atoms with Gasteiger partial charge < -0.3 is 14.8 Å². The van der Waals surface area contributed by atoms with Crippen LogP contribution in [0.15, 0.2) is 35.1 Å². The van der Waals surface area contributed by atoms with E-state index < -0.39 is 5.97 Å². The molecular formula is C19H19BrN4O3. The molecule has 1 aliphatic heterocycles. The fourth-order valence-electron chi connectivity index (χ4n) is 3.18. The molecule has 4 rings (SSSR count). The second-order valence-corrected chi connectivity index (χ2v) is 7.02. The van der Waals surface area contributed by atoms with Gasteiger partial charge in [-0.1, -0.05) is 12.1 Å². The molecule has 3 aromatic rings. The lowest BCUT2D eigenvalue weighted by atomic mass is 10.00. The maximum absolute atomic E-state index is 12.0. The molecule has 1 N–H and O–H groups in total. The van der Waals surface area contributed by atoms with E-state index in [1.807, 2.05) is 12.1 Å². The van der Waals surface area contributed by atoms with E-state index in [0.29, 0.717) is 29.2 Å². The number of carbonyl (C=O) groups excluding carboxylic acids is 1. The minimum Gasteiger partial charge on any atom is -0.493 e. The van der Waals surface area contributed by atoms with E-state index in [4.69, 9.17) is 9.47 Å². The Balaban J connectivity index is 1.63. The highest BCUT2D eigenvalue weighted by atomic mass is 79.9. The summed E-state index contributed by atoms with van der Waals surface area (Å²) in [5, 5.41) is 3.35. The van der Waals surface area contributed by atoms with Crippen LogP contribution in [0.5, 0.6) is 5.75 Å². The van der Waals surface area contributed by atoms with E-state index in [0.717, 1.165) is 25.2 Å². The Morgan fingerprint density at radius 3 is 3.19 bits per heavy atom. The van der Waals surface area contributed by atoms with Crippen LogP contribution in [0, 0.1) is 0 Å². The summed E-state index contributed by atoms with van der Waals surface area (Å²) < 4.78 is 13.2. The molecule has 0 aliphatic carbocycles. The number of esters is 1. The number of hydrogen-bond donors (Lipinski definition) is 1. The largest absolute Gasteiger partial charge is 0.493 e. The van der Waals surface area contributed by atoms with Crippen LogP contribution in [0.1, 0.15) is 35.0 Å². The van der Waals surface area contributed by atoms with Gasteiger partial charge in [-0.3, -0.25) is 4.40 Å². The summed E-state index contributed by atoms with van der Waals surface area (Å²) in [5.74, 6) is 1.11. The lowest BCUT2D eigenvalue weighted by molar-refractivity contribution is 0.0520. The van der Waals surface area contributed by atoms with Crippen LogP contribution in [0.3, 0.4) is 0 Å². The van der Waals surface area contributed by atoms with Gasteiger partial charge in [0.1, 0.15) is 5.75 Å². The van der Waals surface area contributed by atoms with Crippen molar-refractivity contribution in [3.05, 3.63) is 51.9 Å². The number of ether oxygens (including phenoxy) is 2. The summed E-state index contributed by atoms with van der Waals surface area (Å²) >= 11 is 3.44. The summed E-state index contributed by atoms with van der Waals surface area (Å²) in [5.41, 5.74) is 3.27. The van der Waals surface area contributed by atoms with Crippen LogP contribution in [0.25, 0.3) is 5.65 Å². The first-order chi connectivity index (χ1) is 13.2. The van der Waals surface area contributed by atoms with Gasteiger partial charge in [-0.15, -0.1) is 0 Å². The van der Waals surface area contributed by atoms with E-state index in [1.165, 1.54) is 11.1 Å². The molecule has 8 heteroatoms. The van der Waals surface area contributed by atoms with Crippen LogP contribution in [-0.2, 0) is 17.7 Å². The smallest absolute Gasteiger partial charge is 0.358 e. The number of imidazole rings is 1. The van der Waals surface area contributed by atoms with Crippen LogP contribution < -0.4 is 10.1 Å². The highest BCUT2D eigenvalue weighted by Gasteiger charge is 2.17. The van der Waals surface area contributed by atoms with Gasteiger partial charge in [-0.05, 0) is 52.9 Å². The van der Waals surface area contributed by atoms with E-state index in [9.17, 15) is 4.79 Å². The Labute approximate surface area is 164 Å². The van der Waals surface area contributed by atoms with Gasteiger partial charge in [-0.25, -0.2) is 14.8 Å². The van der Waals surface area contributed by atoms with Gasteiger partial charge in [0.2, 0.25) is 5.95 Å². The Morgan fingerprint density at radius 2 is 2.33 bits per heavy atom. The Bertz CT molecular complexity index is 1000. The normalized spacial score (nSPS) is 13.1. The topological polar surface area (TPSA) is 77.8 Å². The predicted octanol–water partition coefficient (Wildman–Crippen LogP) is 3.61. The lowest BCUT2D eigenvalue weighted by Gasteiger charge is -2.20. The molecule has 140 valence electrons. The highest BCUT2D eigenvalue weighted by Crippen LogP contribution is 2.28. The molecule has 0 atom stereocenters. The maximum Gasteiger partial charge on any atom is 0.358 e. The zero-order valence-corrected chi connectivity index (χ0v) is 16.5. The van der Waals surface area contributed by atoms with Gasteiger partial charge in [-0.2, -0.15) is 0 Å². The van der Waals surface area contributed by atoms with E-state index in [2.05, 4.69) is 37.3 Å². The van der Waals surface area contributed by atoms with Crippen molar-refractivity contribution in [3.8, 4) is 5.75 Å². The number of carbonyl (C=O) groups is 1. The molecule has 0 amide bonds. The minimum absolute atomic E-state index is 0.249. The minimum atomic E-state index is -0.451. The third kappa shape index (κ3) is 3.49. The molecule has 0 unspecified atom stereocenters. The van der Waals surface area contributed by atoms with Crippen LogP contribution in [0.4, 0.5) is 5.95 Å². The van der Waals surface area contributed by atoms with E-state index in [-0.39, 0.29) is 5.69 Å². The van der Waals surface area contributed by atoms with Crippen LogP contribution in [-0.4, -0.2) is 33.6 Å².